The molecule has 0 fully saturated rings. The molecule has 1 N–H and O–H groups in total. The van der Waals surface area contributed by atoms with Crippen molar-refractivity contribution in [2.24, 2.45) is 0 Å². The first-order valence-corrected chi connectivity index (χ1v) is 8.17. The Hall–Kier alpha value is -3.41. The Balaban J connectivity index is 1.89. The molecule has 26 heavy (non-hydrogen) atoms. The van der Waals surface area contributed by atoms with Crippen molar-refractivity contribution in [2.45, 2.75) is 6.92 Å². The van der Waals surface area contributed by atoms with Crippen molar-refractivity contribution in [2.75, 3.05) is 24.4 Å². The van der Waals surface area contributed by atoms with E-state index in [0.717, 1.165) is 11.4 Å². The summed E-state index contributed by atoms with van der Waals surface area (Å²) in [4.78, 5) is 23.0. The molecule has 0 radical (unpaired) electrons. The van der Waals surface area contributed by atoms with Gasteiger partial charge < -0.3 is 15.0 Å². The van der Waals surface area contributed by atoms with E-state index in [1.165, 1.54) is 0 Å². The van der Waals surface area contributed by atoms with Gasteiger partial charge in [-0.25, -0.2) is 9.97 Å². The van der Waals surface area contributed by atoms with Gasteiger partial charge >= 0.3 is 0 Å². The topological polar surface area (TPSA) is 67.3 Å². The number of para-hydroxylation sites is 3. The predicted octanol–water partition coefficient (Wildman–Crippen LogP) is 3.81. The van der Waals surface area contributed by atoms with Crippen LogP contribution in [0.25, 0.3) is 0 Å². The molecule has 0 saturated carbocycles. The number of aromatic nitrogens is 2. The third kappa shape index (κ3) is 3.80. The fourth-order valence-electron chi connectivity index (χ4n) is 2.57. The minimum absolute atomic E-state index is 0.204. The molecule has 0 bridgehead atoms. The molecule has 2 aromatic carbocycles. The zero-order valence-electron chi connectivity index (χ0n) is 14.9. The smallest absolute Gasteiger partial charge is 0.276 e. The lowest BCUT2D eigenvalue weighted by atomic mass is 10.2. The van der Waals surface area contributed by atoms with E-state index in [0.29, 0.717) is 23.1 Å². The lowest BCUT2D eigenvalue weighted by Gasteiger charge is -2.17. The molecule has 6 nitrogen and oxygen atoms in total. The number of hydrogen-bond acceptors (Lipinski definition) is 5. The van der Waals surface area contributed by atoms with Crippen molar-refractivity contribution in [3.63, 3.8) is 0 Å². The second-order valence-corrected chi connectivity index (χ2v) is 5.71. The number of aryl methyl sites for hydroxylation is 1. The highest BCUT2D eigenvalue weighted by atomic mass is 16.5. The summed E-state index contributed by atoms with van der Waals surface area (Å²) in [6, 6.07) is 18.6. The van der Waals surface area contributed by atoms with Gasteiger partial charge in [-0.1, -0.05) is 30.3 Å². The van der Waals surface area contributed by atoms with Crippen molar-refractivity contribution in [3.05, 3.63) is 72.2 Å². The number of nitrogens with one attached hydrogen (secondary N) is 1. The number of nitrogens with zero attached hydrogens (tertiary/aromatic N) is 3. The van der Waals surface area contributed by atoms with E-state index in [4.69, 9.17) is 4.74 Å². The molecule has 0 aliphatic carbocycles. The maximum absolute atomic E-state index is 12.8. The molecule has 6 heteroatoms. The number of rotatable bonds is 5. The molecule has 1 heterocycles. The van der Waals surface area contributed by atoms with Gasteiger partial charge in [0.15, 0.2) is 0 Å². The lowest BCUT2D eigenvalue weighted by Crippen LogP contribution is -2.27. The van der Waals surface area contributed by atoms with Crippen LogP contribution in [0.15, 0.2) is 60.7 Å². The molecular weight excluding hydrogens is 328 g/mol. The number of carbonyl (C=O) groups is 1. The fourth-order valence-corrected chi connectivity index (χ4v) is 2.57. The van der Waals surface area contributed by atoms with Crippen molar-refractivity contribution in [3.8, 4) is 5.75 Å². The van der Waals surface area contributed by atoms with Gasteiger partial charge in [0.25, 0.3) is 5.91 Å². The minimum atomic E-state index is -0.204. The van der Waals surface area contributed by atoms with E-state index < -0.39 is 0 Å². The molecule has 0 unspecified atom stereocenters. The van der Waals surface area contributed by atoms with Crippen molar-refractivity contribution < 1.29 is 9.53 Å². The zero-order chi connectivity index (χ0) is 18.5. The standard InChI is InChI=1S/C20H20N4O2/c1-14-21-17(20(25)24(2)15-9-5-4-6-10-15)13-19(22-14)23-16-11-7-8-12-18(16)26-3/h4-13H,1-3H3,(H,21,22,23). The van der Waals surface area contributed by atoms with E-state index in [2.05, 4.69) is 15.3 Å². The summed E-state index contributed by atoms with van der Waals surface area (Å²) in [5.41, 5.74) is 1.89. The zero-order valence-corrected chi connectivity index (χ0v) is 14.9. The van der Waals surface area contributed by atoms with Crippen molar-refractivity contribution >= 4 is 23.1 Å². The third-order valence-corrected chi connectivity index (χ3v) is 3.87. The van der Waals surface area contributed by atoms with Crippen molar-refractivity contribution in [1.82, 2.24) is 9.97 Å². The summed E-state index contributed by atoms with van der Waals surface area (Å²) >= 11 is 0. The Bertz CT molecular complexity index is 913. The molecular formula is C20H20N4O2. The first-order valence-electron chi connectivity index (χ1n) is 8.17. The molecule has 0 spiro atoms. The van der Waals surface area contributed by atoms with Gasteiger partial charge in [0, 0.05) is 18.8 Å². The average molecular weight is 348 g/mol. The van der Waals surface area contributed by atoms with Crippen LogP contribution in [-0.2, 0) is 0 Å². The summed E-state index contributed by atoms with van der Waals surface area (Å²) in [6.07, 6.45) is 0. The van der Waals surface area contributed by atoms with Crippen molar-refractivity contribution in [1.29, 1.82) is 0 Å². The normalized spacial score (nSPS) is 10.3. The van der Waals surface area contributed by atoms with E-state index >= 15 is 0 Å². The monoisotopic (exact) mass is 348 g/mol. The van der Waals surface area contributed by atoms with Gasteiger partial charge in [-0.2, -0.15) is 0 Å². The van der Waals surface area contributed by atoms with Crippen LogP contribution in [0.2, 0.25) is 0 Å². The predicted molar refractivity (Wildman–Crippen MR) is 102 cm³/mol. The highest BCUT2D eigenvalue weighted by Crippen LogP contribution is 2.26. The summed E-state index contributed by atoms with van der Waals surface area (Å²) in [7, 11) is 3.33. The van der Waals surface area contributed by atoms with Gasteiger partial charge in [0.2, 0.25) is 0 Å². The van der Waals surface area contributed by atoms with Gasteiger partial charge in [0.1, 0.15) is 23.1 Å². The minimum Gasteiger partial charge on any atom is -0.495 e. The van der Waals surface area contributed by atoms with Crippen LogP contribution in [0, 0.1) is 6.92 Å². The Morgan fingerprint density at radius 1 is 1.04 bits per heavy atom. The van der Waals surface area contributed by atoms with Crippen LogP contribution >= 0.6 is 0 Å². The number of benzene rings is 2. The quantitative estimate of drug-likeness (QED) is 0.759. The molecule has 3 rings (SSSR count). The largest absolute Gasteiger partial charge is 0.495 e. The number of amides is 1. The third-order valence-electron chi connectivity index (χ3n) is 3.87. The molecule has 132 valence electrons. The van der Waals surface area contributed by atoms with E-state index in [-0.39, 0.29) is 5.91 Å². The Morgan fingerprint density at radius 3 is 2.46 bits per heavy atom. The molecule has 1 amide bonds. The molecule has 0 aliphatic heterocycles. The molecule has 0 saturated heterocycles. The van der Waals surface area contributed by atoms with E-state index in [1.807, 2.05) is 54.6 Å². The average Bonchev–Trinajstić information content (AvgIpc) is 2.67. The maximum Gasteiger partial charge on any atom is 0.276 e. The Labute approximate surface area is 152 Å². The van der Waals surface area contributed by atoms with Gasteiger partial charge in [-0.3, -0.25) is 4.79 Å². The van der Waals surface area contributed by atoms with Gasteiger partial charge in [0.05, 0.1) is 12.8 Å². The Morgan fingerprint density at radius 2 is 1.73 bits per heavy atom. The second kappa shape index (κ2) is 7.65. The Kier molecular flexibility index (Phi) is 5.12. The number of anilines is 3. The molecule has 3 aromatic rings. The highest BCUT2D eigenvalue weighted by molar-refractivity contribution is 6.04. The summed E-state index contributed by atoms with van der Waals surface area (Å²) < 4.78 is 5.34. The maximum atomic E-state index is 12.8. The number of ether oxygens (including phenoxy) is 1. The first-order chi connectivity index (χ1) is 12.6. The highest BCUT2D eigenvalue weighted by Gasteiger charge is 2.17. The van der Waals surface area contributed by atoms with Crippen LogP contribution in [0.1, 0.15) is 16.3 Å². The number of carbonyl (C=O) groups excluding carboxylic acids is 1. The number of methoxy groups -OCH3 is 1. The summed E-state index contributed by atoms with van der Waals surface area (Å²) in [5, 5.41) is 3.19. The van der Waals surface area contributed by atoms with E-state index in [1.54, 1.807) is 32.0 Å². The van der Waals surface area contributed by atoms with Crippen LogP contribution in [-0.4, -0.2) is 30.0 Å². The molecule has 0 aliphatic rings. The van der Waals surface area contributed by atoms with Crippen LogP contribution in [0.5, 0.6) is 5.75 Å². The lowest BCUT2D eigenvalue weighted by molar-refractivity contribution is 0.0988. The van der Waals surface area contributed by atoms with E-state index in [9.17, 15) is 4.79 Å². The van der Waals surface area contributed by atoms with Crippen LogP contribution in [0.4, 0.5) is 17.2 Å². The summed E-state index contributed by atoms with van der Waals surface area (Å²) in [5.74, 6) is 1.53. The molecule has 1 aromatic heterocycles. The molecule has 0 atom stereocenters. The number of hydrogen-bond donors (Lipinski definition) is 1. The van der Waals surface area contributed by atoms with Crippen LogP contribution < -0.4 is 15.0 Å². The second-order valence-electron chi connectivity index (χ2n) is 5.71. The van der Waals surface area contributed by atoms with Crippen LogP contribution in [0.3, 0.4) is 0 Å². The van der Waals surface area contributed by atoms with Gasteiger partial charge in [-0.05, 0) is 31.2 Å². The van der Waals surface area contributed by atoms with Gasteiger partial charge in [-0.15, -0.1) is 0 Å². The SMILES string of the molecule is COc1ccccc1Nc1cc(C(=O)N(C)c2ccccc2)nc(C)n1. The first kappa shape index (κ1) is 17.4. The fraction of sp³-hybridized carbons (Fsp3) is 0.150. The summed E-state index contributed by atoms with van der Waals surface area (Å²) in [6.45, 7) is 1.76.